The molecule has 1 aromatic heterocycles. The minimum absolute atomic E-state index is 0.0915. The summed E-state index contributed by atoms with van der Waals surface area (Å²) in [5.41, 5.74) is 2.26. The standard InChI is InChI=1S/C35H29FN4O5S2/c1-44-30-16-15-24(18-31(30)45-2)29-20-47-35(39-29)40-32(41)21-46-26-13-8-12-25(19-26)37-34(43)28(17-23-11-6-7-14-27(23)36)38-33(42)22-9-4-3-5-10-22/h3-20H,21H2,1-2H3,(H,37,43)(H,38,42)(H,39,40,41)/b28-17-. The van der Waals surface area contributed by atoms with Gasteiger partial charge in [0.2, 0.25) is 5.91 Å². The molecule has 3 N–H and O–H groups in total. The number of nitrogens with zero attached hydrogens (tertiary/aromatic N) is 1. The molecule has 4 aromatic carbocycles. The van der Waals surface area contributed by atoms with Gasteiger partial charge in [-0.05, 0) is 60.7 Å². The first-order valence-corrected chi connectivity index (χ1v) is 16.0. The molecule has 47 heavy (non-hydrogen) atoms. The van der Waals surface area contributed by atoms with E-state index in [1.54, 1.807) is 80.9 Å². The van der Waals surface area contributed by atoms with Crippen LogP contribution in [0.1, 0.15) is 15.9 Å². The number of amides is 3. The molecule has 0 bridgehead atoms. The molecule has 0 atom stereocenters. The number of hydrogen-bond acceptors (Lipinski definition) is 8. The van der Waals surface area contributed by atoms with Gasteiger partial charge in [0, 0.05) is 32.7 Å². The number of rotatable bonds is 12. The van der Waals surface area contributed by atoms with Crippen LogP contribution in [0.25, 0.3) is 17.3 Å². The SMILES string of the molecule is COc1ccc(-c2csc(NC(=O)CSc3cccc(NC(=O)/C(=C/c4ccccc4F)NC(=O)c4ccccc4)c3)n2)cc1OC. The van der Waals surface area contributed by atoms with Crippen LogP contribution in [-0.4, -0.2) is 42.7 Å². The molecule has 0 spiro atoms. The highest BCUT2D eigenvalue weighted by atomic mass is 32.2. The number of anilines is 2. The van der Waals surface area contributed by atoms with Crippen molar-refractivity contribution in [3.8, 4) is 22.8 Å². The van der Waals surface area contributed by atoms with Gasteiger partial charge in [0.05, 0.1) is 25.7 Å². The summed E-state index contributed by atoms with van der Waals surface area (Å²) in [5, 5.41) is 10.5. The zero-order chi connectivity index (χ0) is 33.2. The summed E-state index contributed by atoms with van der Waals surface area (Å²) >= 11 is 2.57. The molecule has 0 unspecified atom stereocenters. The van der Waals surface area contributed by atoms with E-state index >= 15 is 0 Å². The van der Waals surface area contributed by atoms with Crippen LogP contribution in [0.5, 0.6) is 11.5 Å². The smallest absolute Gasteiger partial charge is 0.272 e. The highest BCUT2D eigenvalue weighted by Gasteiger charge is 2.17. The Labute approximate surface area is 278 Å². The topological polar surface area (TPSA) is 119 Å². The second kappa shape index (κ2) is 15.7. The van der Waals surface area contributed by atoms with E-state index in [1.807, 2.05) is 17.5 Å². The number of benzene rings is 4. The maximum atomic E-state index is 14.4. The lowest BCUT2D eigenvalue weighted by Gasteiger charge is -2.12. The lowest BCUT2D eigenvalue weighted by Crippen LogP contribution is -2.30. The molecule has 0 saturated heterocycles. The fourth-order valence-electron chi connectivity index (χ4n) is 4.32. The van der Waals surface area contributed by atoms with E-state index in [1.165, 1.54) is 47.4 Å². The zero-order valence-corrected chi connectivity index (χ0v) is 26.9. The lowest BCUT2D eigenvalue weighted by molar-refractivity contribution is -0.114. The van der Waals surface area contributed by atoms with Crippen LogP contribution in [0.2, 0.25) is 0 Å². The normalized spacial score (nSPS) is 11.0. The minimum Gasteiger partial charge on any atom is -0.493 e. The van der Waals surface area contributed by atoms with Gasteiger partial charge in [-0.1, -0.05) is 42.5 Å². The number of hydrogen-bond donors (Lipinski definition) is 3. The number of carbonyl (C=O) groups excluding carboxylic acids is 3. The summed E-state index contributed by atoms with van der Waals surface area (Å²) in [4.78, 5) is 44.2. The van der Waals surface area contributed by atoms with E-state index in [0.29, 0.717) is 33.6 Å². The fraction of sp³-hybridized carbons (Fsp3) is 0.0857. The third-order valence-corrected chi connectivity index (χ3v) is 8.38. The van der Waals surface area contributed by atoms with Crippen LogP contribution < -0.4 is 25.4 Å². The highest BCUT2D eigenvalue weighted by Crippen LogP contribution is 2.33. The number of ether oxygens (including phenoxy) is 2. The minimum atomic E-state index is -0.647. The molecular formula is C35H29FN4O5S2. The maximum absolute atomic E-state index is 14.4. The predicted octanol–water partition coefficient (Wildman–Crippen LogP) is 7.11. The molecule has 9 nitrogen and oxygen atoms in total. The first-order valence-electron chi connectivity index (χ1n) is 14.2. The van der Waals surface area contributed by atoms with Gasteiger partial charge in [-0.15, -0.1) is 23.1 Å². The van der Waals surface area contributed by atoms with Crippen LogP contribution >= 0.6 is 23.1 Å². The maximum Gasteiger partial charge on any atom is 0.272 e. The van der Waals surface area contributed by atoms with Crippen molar-refractivity contribution in [1.29, 1.82) is 0 Å². The van der Waals surface area contributed by atoms with Crippen molar-refractivity contribution in [2.24, 2.45) is 0 Å². The number of carbonyl (C=O) groups is 3. The van der Waals surface area contributed by atoms with Crippen LogP contribution in [0.4, 0.5) is 15.2 Å². The Bertz CT molecular complexity index is 1930. The molecule has 12 heteroatoms. The van der Waals surface area contributed by atoms with Gasteiger partial charge in [-0.3, -0.25) is 14.4 Å². The third kappa shape index (κ3) is 8.84. The lowest BCUT2D eigenvalue weighted by atomic mass is 10.1. The van der Waals surface area contributed by atoms with Crippen molar-refractivity contribution in [2.75, 3.05) is 30.6 Å². The molecule has 5 aromatic rings. The third-order valence-electron chi connectivity index (χ3n) is 6.63. The summed E-state index contributed by atoms with van der Waals surface area (Å²) < 4.78 is 25.1. The van der Waals surface area contributed by atoms with Crippen molar-refractivity contribution in [3.63, 3.8) is 0 Å². The van der Waals surface area contributed by atoms with Gasteiger partial charge in [0.1, 0.15) is 11.5 Å². The van der Waals surface area contributed by atoms with Gasteiger partial charge < -0.3 is 25.4 Å². The second-order valence-corrected chi connectivity index (χ2v) is 11.7. The predicted molar refractivity (Wildman–Crippen MR) is 183 cm³/mol. The Kier molecular flexibility index (Phi) is 11.0. The first kappa shape index (κ1) is 32.9. The van der Waals surface area contributed by atoms with Crippen LogP contribution in [0.3, 0.4) is 0 Å². The van der Waals surface area contributed by atoms with E-state index in [4.69, 9.17) is 9.47 Å². The highest BCUT2D eigenvalue weighted by molar-refractivity contribution is 8.00. The summed E-state index contributed by atoms with van der Waals surface area (Å²) in [6.07, 6.45) is 1.28. The van der Waals surface area contributed by atoms with Crippen LogP contribution in [0.15, 0.2) is 113 Å². The summed E-state index contributed by atoms with van der Waals surface area (Å²) in [7, 11) is 3.13. The van der Waals surface area contributed by atoms with Crippen molar-refractivity contribution in [2.45, 2.75) is 4.90 Å². The average Bonchev–Trinajstić information content (AvgIpc) is 3.56. The number of aromatic nitrogens is 1. The van der Waals surface area contributed by atoms with Gasteiger partial charge in [-0.2, -0.15) is 0 Å². The summed E-state index contributed by atoms with van der Waals surface area (Å²) in [5.74, 6) is -0.688. The Hall–Kier alpha value is -5.46. The number of thioether (sulfide) groups is 1. The van der Waals surface area contributed by atoms with Crippen molar-refractivity contribution in [1.82, 2.24) is 10.3 Å². The molecule has 0 aliphatic rings. The molecule has 0 fully saturated rings. The van der Waals surface area contributed by atoms with Crippen molar-refractivity contribution < 1.29 is 28.2 Å². The summed E-state index contributed by atoms with van der Waals surface area (Å²) in [6, 6.07) is 26.7. The fourth-order valence-corrected chi connectivity index (χ4v) is 5.81. The zero-order valence-electron chi connectivity index (χ0n) is 25.3. The second-order valence-electron chi connectivity index (χ2n) is 9.83. The molecule has 238 valence electrons. The van der Waals surface area contributed by atoms with Gasteiger partial charge >= 0.3 is 0 Å². The molecule has 5 rings (SSSR count). The van der Waals surface area contributed by atoms with E-state index in [-0.39, 0.29) is 22.9 Å². The average molecular weight is 669 g/mol. The molecular weight excluding hydrogens is 640 g/mol. The van der Waals surface area contributed by atoms with E-state index in [9.17, 15) is 18.8 Å². The Morgan fingerprint density at radius 2 is 1.64 bits per heavy atom. The Balaban J connectivity index is 1.22. The monoisotopic (exact) mass is 668 g/mol. The molecule has 0 radical (unpaired) electrons. The molecule has 3 amide bonds. The van der Waals surface area contributed by atoms with E-state index < -0.39 is 17.6 Å². The Morgan fingerprint density at radius 3 is 2.40 bits per heavy atom. The molecule has 0 aliphatic heterocycles. The van der Waals surface area contributed by atoms with Gasteiger partial charge in [0.25, 0.3) is 11.8 Å². The number of methoxy groups -OCH3 is 2. The van der Waals surface area contributed by atoms with Crippen LogP contribution in [0, 0.1) is 5.82 Å². The number of nitrogens with one attached hydrogen (secondary N) is 3. The van der Waals surface area contributed by atoms with Crippen molar-refractivity contribution in [3.05, 3.63) is 125 Å². The number of halogens is 1. The van der Waals surface area contributed by atoms with E-state index in [0.717, 1.165) is 10.5 Å². The largest absolute Gasteiger partial charge is 0.493 e. The molecule has 1 heterocycles. The molecule has 0 aliphatic carbocycles. The van der Waals surface area contributed by atoms with Gasteiger partial charge in [-0.25, -0.2) is 9.37 Å². The first-order chi connectivity index (χ1) is 22.8. The Morgan fingerprint density at radius 1 is 0.872 bits per heavy atom. The quantitative estimate of drug-likeness (QED) is 0.0958. The summed E-state index contributed by atoms with van der Waals surface area (Å²) in [6.45, 7) is 0. The molecule has 0 saturated carbocycles. The van der Waals surface area contributed by atoms with Gasteiger partial charge in [0.15, 0.2) is 16.6 Å². The van der Waals surface area contributed by atoms with Crippen LogP contribution in [-0.2, 0) is 9.59 Å². The van der Waals surface area contributed by atoms with E-state index in [2.05, 4.69) is 20.9 Å². The number of thiazole rings is 1. The van der Waals surface area contributed by atoms with Crippen molar-refractivity contribution >= 4 is 57.7 Å².